The summed E-state index contributed by atoms with van der Waals surface area (Å²) in [7, 11) is 0. The number of hydrogen-bond acceptors (Lipinski definition) is 0. The molecule has 0 aromatic heterocycles. The fourth-order valence-corrected chi connectivity index (χ4v) is 5.82. The molecule has 1 unspecified atom stereocenters. The minimum absolute atomic E-state index is 0.781. The molecule has 1 fully saturated rings. The highest BCUT2D eigenvalue weighted by Gasteiger charge is 2.21. The fraction of sp³-hybridized carbons (Fsp3) is 0.548. The maximum absolute atomic E-state index is 2.52. The topological polar surface area (TPSA) is 0 Å². The minimum atomic E-state index is 0.781. The lowest BCUT2D eigenvalue weighted by Crippen LogP contribution is -2.12. The van der Waals surface area contributed by atoms with E-state index >= 15 is 0 Å². The molecule has 0 amide bonds. The standard InChI is InChI=1S/C31H42/c1-3-5-6-7-25-10-14-27(15-11-25)29-18-22-31(23-19-29)30-20-16-28(17-21-30)26-12-8-24(4-2)9-13-26/h14,16-26H,3-13,15H2,1-2H3. The fourth-order valence-electron chi connectivity index (χ4n) is 5.82. The van der Waals surface area contributed by atoms with Crippen LogP contribution < -0.4 is 0 Å². The molecule has 0 aliphatic heterocycles. The van der Waals surface area contributed by atoms with E-state index in [4.69, 9.17) is 0 Å². The van der Waals surface area contributed by atoms with Crippen molar-refractivity contribution >= 4 is 5.57 Å². The molecule has 4 rings (SSSR count). The van der Waals surface area contributed by atoms with E-state index < -0.39 is 0 Å². The van der Waals surface area contributed by atoms with Gasteiger partial charge in [0.2, 0.25) is 0 Å². The smallest absolute Gasteiger partial charge is 0.0162 e. The summed E-state index contributed by atoms with van der Waals surface area (Å²) in [5.41, 5.74) is 7.25. The first-order chi connectivity index (χ1) is 15.3. The molecular formula is C31H42. The number of allylic oxidation sites excluding steroid dienone is 2. The summed E-state index contributed by atoms with van der Waals surface area (Å²) in [5, 5.41) is 0. The molecule has 0 bridgehead atoms. The predicted octanol–water partition coefficient (Wildman–Crippen LogP) is 9.80. The molecule has 1 atom stereocenters. The predicted molar refractivity (Wildman–Crippen MR) is 136 cm³/mol. The maximum Gasteiger partial charge on any atom is -0.0162 e. The van der Waals surface area contributed by atoms with Crippen molar-refractivity contribution in [3.63, 3.8) is 0 Å². The Morgan fingerprint density at radius 3 is 1.90 bits per heavy atom. The van der Waals surface area contributed by atoms with Gasteiger partial charge in [-0.25, -0.2) is 0 Å². The molecule has 0 radical (unpaired) electrons. The zero-order valence-electron chi connectivity index (χ0n) is 19.9. The Morgan fingerprint density at radius 2 is 1.32 bits per heavy atom. The van der Waals surface area contributed by atoms with Gasteiger partial charge in [-0.05, 0) is 90.5 Å². The zero-order valence-corrected chi connectivity index (χ0v) is 19.9. The summed E-state index contributed by atoms with van der Waals surface area (Å²) in [6, 6.07) is 18.8. The van der Waals surface area contributed by atoms with Crippen molar-refractivity contribution in [3.05, 3.63) is 65.7 Å². The summed E-state index contributed by atoms with van der Waals surface area (Å²) in [5.74, 6) is 2.67. The first-order valence-corrected chi connectivity index (χ1v) is 13.2. The number of rotatable bonds is 8. The molecule has 0 saturated heterocycles. The Labute approximate surface area is 191 Å². The van der Waals surface area contributed by atoms with Crippen molar-refractivity contribution in [1.82, 2.24) is 0 Å². The van der Waals surface area contributed by atoms with Crippen molar-refractivity contribution in [2.24, 2.45) is 11.8 Å². The van der Waals surface area contributed by atoms with Crippen molar-refractivity contribution in [1.29, 1.82) is 0 Å². The minimum Gasteiger partial charge on any atom is -0.0804 e. The summed E-state index contributed by atoms with van der Waals surface area (Å²) in [6.07, 6.45) is 19.0. The van der Waals surface area contributed by atoms with E-state index in [0.29, 0.717) is 0 Å². The molecule has 0 heteroatoms. The highest BCUT2D eigenvalue weighted by atomic mass is 14.3. The average molecular weight is 415 g/mol. The van der Waals surface area contributed by atoms with Gasteiger partial charge in [0.1, 0.15) is 0 Å². The van der Waals surface area contributed by atoms with Crippen molar-refractivity contribution in [3.8, 4) is 11.1 Å². The second-order valence-electron chi connectivity index (χ2n) is 10.2. The second kappa shape index (κ2) is 11.2. The van der Waals surface area contributed by atoms with Crippen LogP contribution in [0.1, 0.15) is 108 Å². The number of hydrogen-bond donors (Lipinski definition) is 0. The van der Waals surface area contributed by atoms with Crippen LogP contribution in [-0.4, -0.2) is 0 Å². The van der Waals surface area contributed by atoms with Crippen LogP contribution in [0.2, 0.25) is 0 Å². The van der Waals surface area contributed by atoms with E-state index in [1.165, 1.54) is 93.7 Å². The summed E-state index contributed by atoms with van der Waals surface area (Å²) in [4.78, 5) is 0. The molecule has 31 heavy (non-hydrogen) atoms. The third-order valence-electron chi connectivity index (χ3n) is 8.13. The van der Waals surface area contributed by atoms with Crippen LogP contribution in [-0.2, 0) is 0 Å². The van der Waals surface area contributed by atoms with E-state index in [-0.39, 0.29) is 0 Å². The number of benzene rings is 2. The summed E-state index contributed by atoms with van der Waals surface area (Å²) < 4.78 is 0. The van der Waals surface area contributed by atoms with Crippen LogP contribution in [0.25, 0.3) is 16.7 Å². The SMILES string of the molecule is CCCCCC1CC=C(c2ccc(-c3ccc(C4CCC(CC)CC4)cc3)cc2)CC1. The molecular weight excluding hydrogens is 372 g/mol. The monoisotopic (exact) mass is 414 g/mol. The van der Waals surface area contributed by atoms with E-state index in [2.05, 4.69) is 68.5 Å². The molecule has 2 aromatic rings. The molecule has 0 heterocycles. The lowest BCUT2D eigenvalue weighted by atomic mass is 9.77. The third-order valence-corrected chi connectivity index (χ3v) is 8.13. The molecule has 166 valence electrons. The van der Waals surface area contributed by atoms with Gasteiger partial charge in [-0.2, -0.15) is 0 Å². The van der Waals surface area contributed by atoms with Crippen LogP contribution in [0.3, 0.4) is 0 Å². The molecule has 0 N–H and O–H groups in total. The molecule has 1 saturated carbocycles. The molecule has 0 nitrogen and oxygen atoms in total. The van der Waals surface area contributed by atoms with E-state index in [1.807, 2.05) is 0 Å². The van der Waals surface area contributed by atoms with Gasteiger partial charge in [0.05, 0.1) is 0 Å². The second-order valence-corrected chi connectivity index (χ2v) is 10.2. The largest absolute Gasteiger partial charge is 0.0804 e. The van der Waals surface area contributed by atoms with Gasteiger partial charge < -0.3 is 0 Å². The van der Waals surface area contributed by atoms with Gasteiger partial charge >= 0.3 is 0 Å². The van der Waals surface area contributed by atoms with Crippen molar-refractivity contribution in [2.75, 3.05) is 0 Å². The van der Waals surface area contributed by atoms with Gasteiger partial charge in [0.25, 0.3) is 0 Å². The van der Waals surface area contributed by atoms with Gasteiger partial charge in [-0.1, -0.05) is 101 Å². The average Bonchev–Trinajstić information content (AvgIpc) is 2.85. The quantitative estimate of drug-likeness (QED) is 0.377. The third kappa shape index (κ3) is 5.91. The van der Waals surface area contributed by atoms with Crippen LogP contribution in [0, 0.1) is 11.8 Å². The Bertz CT molecular complexity index is 815. The van der Waals surface area contributed by atoms with Gasteiger partial charge in [-0.3, -0.25) is 0 Å². The Kier molecular flexibility index (Phi) is 8.06. The summed E-state index contributed by atoms with van der Waals surface area (Å²) >= 11 is 0. The highest BCUT2D eigenvalue weighted by molar-refractivity contribution is 5.71. The highest BCUT2D eigenvalue weighted by Crippen LogP contribution is 2.38. The van der Waals surface area contributed by atoms with Crippen LogP contribution in [0.4, 0.5) is 0 Å². The first kappa shape index (κ1) is 22.4. The van der Waals surface area contributed by atoms with E-state index in [9.17, 15) is 0 Å². The maximum atomic E-state index is 2.52. The van der Waals surface area contributed by atoms with E-state index in [0.717, 1.165) is 17.8 Å². The lowest BCUT2D eigenvalue weighted by Gasteiger charge is -2.28. The van der Waals surface area contributed by atoms with Crippen molar-refractivity contribution in [2.45, 2.75) is 96.8 Å². The Morgan fingerprint density at radius 1 is 0.677 bits per heavy atom. The Balaban J connectivity index is 1.34. The van der Waals surface area contributed by atoms with Crippen molar-refractivity contribution < 1.29 is 0 Å². The van der Waals surface area contributed by atoms with Gasteiger partial charge in [-0.15, -0.1) is 0 Å². The zero-order chi connectivity index (χ0) is 21.5. The first-order valence-electron chi connectivity index (χ1n) is 13.2. The molecule has 2 aromatic carbocycles. The van der Waals surface area contributed by atoms with E-state index in [1.54, 1.807) is 11.1 Å². The van der Waals surface area contributed by atoms with Gasteiger partial charge in [0, 0.05) is 0 Å². The lowest BCUT2D eigenvalue weighted by molar-refractivity contribution is 0.319. The van der Waals surface area contributed by atoms with Crippen LogP contribution in [0.5, 0.6) is 0 Å². The molecule has 0 spiro atoms. The Hall–Kier alpha value is -1.82. The molecule has 2 aliphatic carbocycles. The van der Waals surface area contributed by atoms with Gasteiger partial charge in [0.15, 0.2) is 0 Å². The molecule has 2 aliphatic rings. The number of unbranched alkanes of at least 4 members (excludes halogenated alkanes) is 2. The van der Waals surface area contributed by atoms with Crippen LogP contribution in [0.15, 0.2) is 54.6 Å². The van der Waals surface area contributed by atoms with Crippen LogP contribution >= 0.6 is 0 Å². The summed E-state index contributed by atoms with van der Waals surface area (Å²) in [6.45, 7) is 4.65. The normalized spacial score (nSPS) is 24.1.